The van der Waals surface area contributed by atoms with Crippen LogP contribution in [0.2, 0.25) is 0 Å². The minimum Gasteiger partial charge on any atom is -0.504 e. The summed E-state index contributed by atoms with van der Waals surface area (Å²) >= 11 is 0. The summed E-state index contributed by atoms with van der Waals surface area (Å²) in [4.78, 5) is 28.0. The lowest BCUT2D eigenvalue weighted by molar-refractivity contribution is -0.126. The normalized spacial score (nSPS) is 16.0. The van der Waals surface area contributed by atoms with Gasteiger partial charge in [-0.15, -0.1) is 0 Å². The van der Waals surface area contributed by atoms with Crippen molar-refractivity contribution in [3.63, 3.8) is 0 Å². The topological polar surface area (TPSA) is 174 Å². The summed E-state index contributed by atoms with van der Waals surface area (Å²) in [7, 11) is -4.15. The summed E-state index contributed by atoms with van der Waals surface area (Å²) < 4.78 is 28.3. The van der Waals surface area contributed by atoms with Crippen molar-refractivity contribution in [2.24, 2.45) is 0 Å². The Balaban J connectivity index is 1.42. The number of piperazine rings is 1. The van der Waals surface area contributed by atoms with Crippen molar-refractivity contribution in [2.45, 2.75) is 17.5 Å². The van der Waals surface area contributed by atoms with Crippen LogP contribution in [0.4, 0.5) is 5.69 Å². The molecule has 0 radical (unpaired) electrons. The van der Waals surface area contributed by atoms with Crippen LogP contribution in [0.5, 0.6) is 17.2 Å². The Hall–Kier alpha value is -4.81. The monoisotopic (exact) mass is 576 g/mol. The van der Waals surface area contributed by atoms with E-state index in [0.717, 1.165) is 32.8 Å². The first-order chi connectivity index (χ1) is 19.5. The van der Waals surface area contributed by atoms with Crippen LogP contribution >= 0.6 is 0 Å². The second-order valence-electron chi connectivity index (χ2n) is 9.71. The molecule has 1 atom stereocenters. The number of phenols is 3. The number of phenolic OH excluding ortho intramolecular Hbond substituents is 3. The summed E-state index contributed by atoms with van der Waals surface area (Å²) in [5.41, 5.74) is 6.77. The highest BCUT2D eigenvalue weighted by Gasteiger charge is 2.41. The van der Waals surface area contributed by atoms with Crippen molar-refractivity contribution in [3.8, 4) is 17.2 Å². The smallest absolute Gasteiger partial charge is 0.254 e. The zero-order valence-electron chi connectivity index (χ0n) is 21.8. The average molecular weight is 577 g/mol. The highest BCUT2D eigenvalue weighted by atomic mass is 32.2. The summed E-state index contributed by atoms with van der Waals surface area (Å²) in [5.74, 6) is -3.42. The number of carbonyl (C=O) groups excluding carboxylic acids is 2. The number of nitrogen functional groups attached to an aromatic ring is 1. The summed E-state index contributed by atoms with van der Waals surface area (Å²) in [6.45, 7) is -0.422. The van der Waals surface area contributed by atoms with Gasteiger partial charge in [-0.05, 0) is 58.8 Å². The Morgan fingerprint density at radius 1 is 0.878 bits per heavy atom. The van der Waals surface area contributed by atoms with Crippen LogP contribution in [-0.4, -0.2) is 70.4 Å². The fraction of sp³-hybridized carbons (Fsp3) is 0.172. The highest BCUT2D eigenvalue weighted by Crippen LogP contribution is 2.36. The molecule has 6 N–H and O–H groups in total. The predicted octanol–water partition coefficient (Wildman–Crippen LogP) is 2.37. The molecule has 0 saturated carbocycles. The number of sulfonamides is 1. The Morgan fingerprint density at radius 2 is 1.54 bits per heavy atom. The lowest BCUT2D eigenvalue weighted by atomic mass is 10.1. The standard InChI is InChI=1S/C29H28N4O7S/c30-22-7-9-23(10-8-22)41(39,40)33-12-11-32(29(38)21-14-25(34)27(36)26(35)15-21)17-24(33)28(37)31-16-18-5-6-19-3-1-2-4-20(19)13-18/h1-10,13-15,24,34-36H,11-12,16-17,30H2,(H,31,37). The van der Waals surface area contributed by atoms with Crippen molar-refractivity contribution < 1.29 is 33.3 Å². The Bertz CT molecular complexity index is 1720. The second kappa shape index (κ2) is 11.0. The quantitative estimate of drug-likeness (QED) is 0.172. The fourth-order valence-electron chi connectivity index (χ4n) is 4.79. The van der Waals surface area contributed by atoms with E-state index in [4.69, 9.17) is 5.73 Å². The molecule has 212 valence electrons. The number of nitrogens with zero attached hydrogens (tertiary/aromatic N) is 2. The van der Waals surface area contributed by atoms with Crippen LogP contribution in [0, 0.1) is 0 Å². The van der Waals surface area contributed by atoms with Crippen LogP contribution in [0.3, 0.4) is 0 Å². The van der Waals surface area contributed by atoms with Crippen molar-refractivity contribution in [3.05, 3.63) is 90.0 Å². The number of carbonyl (C=O) groups is 2. The summed E-state index contributed by atoms with van der Waals surface area (Å²) in [6.07, 6.45) is 0. The van der Waals surface area contributed by atoms with Crippen LogP contribution < -0.4 is 11.1 Å². The molecule has 1 unspecified atom stereocenters. The molecule has 1 aliphatic heterocycles. The van der Waals surface area contributed by atoms with Gasteiger partial charge in [0.15, 0.2) is 17.2 Å². The van der Waals surface area contributed by atoms with E-state index in [-0.39, 0.29) is 36.6 Å². The van der Waals surface area contributed by atoms with Gasteiger partial charge in [-0.1, -0.05) is 36.4 Å². The van der Waals surface area contributed by atoms with Gasteiger partial charge in [0.2, 0.25) is 15.9 Å². The van der Waals surface area contributed by atoms with Crippen LogP contribution in [-0.2, 0) is 21.4 Å². The van der Waals surface area contributed by atoms with Crippen LogP contribution in [0.1, 0.15) is 15.9 Å². The molecule has 2 amide bonds. The van der Waals surface area contributed by atoms with Gasteiger partial charge in [0.25, 0.3) is 5.91 Å². The average Bonchev–Trinajstić information content (AvgIpc) is 2.97. The van der Waals surface area contributed by atoms with E-state index in [2.05, 4.69) is 5.32 Å². The number of hydrogen-bond acceptors (Lipinski definition) is 8. The van der Waals surface area contributed by atoms with Crippen molar-refractivity contribution >= 4 is 38.3 Å². The van der Waals surface area contributed by atoms with Gasteiger partial charge in [0.05, 0.1) is 4.90 Å². The molecule has 1 heterocycles. The molecule has 0 spiro atoms. The van der Waals surface area contributed by atoms with E-state index in [1.165, 1.54) is 29.2 Å². The molecule has 1 fully saturated rings. The Kier molecular flexibility index (Phi) is 7.43. The highest BCUT2D eigenvalue weighted by molar-refractivity contribution is 7.89. The molecule has 41 heavy (non-hydrogen) atoms. The van der Waals surface area contributed by atoms with Gasteiger partial charge in [0, 0.05) is 37.4 Å². The molecule has 5 rings (SSSR count). The van der Waals surface area contributed by atoms with E-state index in [9.17, 15) is 33.3 Å². The molecule has 12 heteroatoms. The van der Waals surface area contributed by atoms with Crippen LogP contribution in [0.25, 0.3) is 10.8 Å². The Morgan fingerprint density at radius 3 is 2.22 bits per heavy atom. The summed E-state index contributed by atoms with van der Waals surface area (Å²) in [5, 5.41) is 34.2. The molecule has 0 bridgehead atoms. The van der Waals surface area contributed by atoms with Crippen molar-refractivity contribution in [2.75, 3.05) is 25.4 Å². The number of fused-ring (bicyclic) bond motifs is 1. The molecule has 11 nitrogen and oxygen atoms in total. The first kappa shape index (κ1) is 27.7. The van der Waals surface area contributed by atoms with Gasteiger partial charge in [-0.2, -0.15) is 4.31 Å². The molecule has 4 aromatic rings. The van der Waals surface area contributed by atoms with E-state index in [0.29, 0.717) is 5.69 Å². The third-order valence-electron chi connectivity index (χ3n) is 7.01. The maximum atomic E-state index is 13.6. The van der Waals surface area contributed by atoms with E-state index in [1.807, 2.05) is 42.5 Å². The number of benzene rings is 4. The van der Waals surface area contributed by atoms with E-state index in [1.54, 1.807) is 0 Å². The number of rotatable bonds is 6. The maximum Gasteiger partial charge on any atom is 0.254 e. The third kappa shape index (κ3) is 5.60. The summed E-state index contributed by atoms with van der Waals surface area (Å²) in [6, 6.07) is 19.8. The SMILES string of the molecule is Nc1ccc(S(=O)(=O)N2CCN(C(=O)c3cc(O)c(O)c(O)c3)CC2C(=O)NCc2ccc3ccccc3c2)cc1. The Labute approximate surface area is 236 Å². The maximum absolute atomic E-state index is 13.6. The number of nitrogens with one attached hydrogen (secondary N) is 1. The third-order valence-corrected chi connectivity index (χ3v) is 8.93. The van der Waals surface area contributed by atoms with Crippen LogP contribution in [0.15, 0.2) is 83.8 Å². The van der Waals surface area contributed by atoms with Crippen molar-refractivity contribution in [1.82, 2.24) is 14.5 Å². The minimum absolute atomic E-state index is 0.0489. The molecular weight excluding hydrogens is 548 g/mol. The molecule has 4 aromatic carbocycles. The second-order valence-corrected chi connectivity index (χ2v) is 11.6. The first-order valence-corrected chi connectivity index (χ1v) is 14.2. The van der Waals surface area contributed by atoms with Gasteiger partial charge >= 0.3 is 0 Å². The van der Waals surface area contributed by atoms with Gasteiger partial charge in [-0.3, -0.25) is 9.59 Å². The lowest BCUT2D eigenvalue weighted by Gasteiger charge is -2.39. The van der Waals surface area contributed by atoms with Gasteiger partial charge < -0.3 is 31.3 Å². The van der Waals surface area contributed by atoms with Gasteiger partial charge in [0.1, 0.15) is 6.04 Å². The predicted molar refractivity (Wildman–Crippen MR) is 152 cm³/mol. The number of amides is 2. The number of nitrogens with two attached hydrogens (primary N) is 1. The van der Waals surface area contributed by atoms with Gasteiger partial charge in [-0.25, -0.2) is 8.42 Å². The number of anilines is 1. The molecule has 0 aromatic heterocycles. The molecule has 1 saturated heterocycles. The lowest BCUT2D eigenvalue weighted by Crippen LogP contribution is -2.61. The van der Waals surface area contributed by atoms with E-state index >= 15 is 0 Å². The molecule has 0 aliphatic carbocycles. The van der Waals surface area contributed by atoms with Crippen molar-refractivity contribution in [1.29, 1.82) is 0 Å². The number of aromatic hydroxyl groups is 3. The molecular formula is C29H28N4O7S. The minimum atomic E-state index is -4.15. The number of hydrogen-bond donors (Lipinski definition) is 5. The van der Waals surface area contributed by atoms with E-state index < -0.39 is 45.1 Å². The molecule has 1 aliphatic rings. The fourth-order valence-corrected chi connectivity index (χ4v) is 6.36. The first-order valence-electron chi connectivity index (χ1n) is 12.7. The zero-order chi connectivity index (χ0) is 29.3. The zero-order valence-corrected chi connectivity index (χ0v) is 22.6. The largest absolute Gasteiger partial charge is 0.504 e.